The molecule has 0 aliphatic carbocycles. The number of nitrogens with one attached hydrogen (secondary N) is 1. The predicted octanol–water partition coefficient (Wildman–Crippen LogP) is 2.57. The Kier molecular flexibility index (Phi) is 6.37. The number of benzene rings is 2. The van der Waals surface area contributed by atoms with E-state index in [1.807, 2.05) is 24.3 Å². The number of anilines is 1. The maximum absolute atomic E-state index is 12.5. The number of carbonyl (C=O) groups excluding carboxylic acids is 2. The average Bonchev–Trinajstić information content (AvgIpc) is 3.10. The van der Waals surface area contributed by atoms with Gasteiger partial charge in [0.1, 0.15) is 23.9 Å². The van der Waals surface area contributed by atoms with Gasteiger partial charge in [-0.25, -0.2) is 0 Å². The van der Waals surface area contributed by atoms with E-state index < -0.39 is 0 Å². The van der Waals surface area contributed by atoms with Gasteiger partial charge >= 0.3 is 0 Å². The van der Waals surface area contributed by atoms with Gasteiger partial charge in [0, 0.05) is 18.7 Å². The van der Waals surface area contributed by atoms with Crippen LogP contribution in [-0.2, 0) is 9.59 Å². The normalized spacial score (nSPS) is 16.0. The minimum Gasteiger partial charge on any atom is -0.497 e. The summed E-state index contributed by atoms with van der Waals surface area (Å²) in [6.45, 7) is 1.20. The van der Waals surface area contributed by atoms with E-state index in [1.54, 1.807) is 43.4 Å². The first-order chi connectivity index (χ1) is 13.6. The number of carbonyl (C=O) groups is 2. The number of methoxy groups -OCH3 is 2. The Balaban J connectivity index is 1.46. The lowest BCUT2D eigenvalue weighted by Crippen LogP contribution is -2.31. The summed E-state index contributed by atoms with van der Waals surface area (Å²) in [7, 11) is 3.20. The van der Waals surface area contributed by atoms with Crippen LogP contribution in [-0.4, -0.2) is 50.6 Å². The zero-order chi connectivity index (χ0) is 19.9. The fourth-order valence-corrected chi connectivity index (χ4v) is 3.03. The van der Waals surface area contributed by atoms with Crippen LogP contribution in [0.25, 0.3) is 0 Å². The second kappa shape index (κ2) is 9.12. The molecule has 1 heterocycles. The molecule has 0 radical (unpaired) electrons. The molecule has 0 bridgehead atoms. The largest absolute Gasteiger partial charge is 0.497 e. The molecular formula is C21H24N2O5. The molecule has 7 nitrogen and oxygen atoms in total. The highest BCUT2D eigenvalue weighted by Crippen LogP contribution is 2.22. The quantitative estimate of drug-likeness (QED) is 0.757. The van der Waals surface area contributed by atoms with Gasteiger partial charge in [-0.1, -0.05) is 0 Å². The van der Waals surface area contributed by atoms with Crippen LogP contribution >= 0.6 is 0 Å². The summed E-state index contributed by atoms with van der Waals surface area (Å²) in [5.74, 6) is 1.63. The number of ether oxygens (including phenoxy) is 3. The van der Waals surface area contributed by atoms with Crippen LogP contribution in [0.1, 0.15) is 6.42 Å². The molecule has 0 spiro atoms. The number of hydrogen-bond acceptors (Lipinski definition) is 5. The highest BCUT2D eigenvalue weighted by Gasteiger charge is 2.34. The summed E-state index contributed by atoms with van der Waals surface area (Å²) in [6.07, 6.45) is 0.213. The van der Waals surface area contributed by atoms with Crippen LogP contribution in [0.4, 0.5) is 5.69 Å². The minimum atomic E-state index is -0.365. The average molecular weight is 384 g/mol. The van der Waals surface area contributed by atoms with Gasteiger partial charge in [-0.05, 0) is 48.5 Å². The Bertz CT molecular complexity index is 805. The predicted molar refractivity (Wildman–Crippen MR) is 105 cm³/mol. The zero-order valence-electron chi connectivity index (χ0n) is 16.0. The Hall–Kier alpha value is -3.22. The molecule has 2 aromatic rings. The lowest BCUT2D eigenvalue weighted by molar-refractivity contribution is -0.128. The van der Waals surface area contributed by atoms with Crippen LogP contribution in [0.5, 0.6) is 17.2 Å². The van der Waals surface area contributed by atoms with Gasteiger partial charge in [-0.2, -0.15) is 0 Å². The SMILES string of the molecule is COc1ccc(NC(=O)C2CC(=O)N(CCOc3ccc(OC)cc3)C2)cc1. The third-order valence-electron chi connectivity index (χ3n) is 4.63. The van der Waals surface area contributed by atoms with E-state index in [1.165, 1.54) is 0 Å². The Morgan fingerprint density at radius 1 is 1.00 bits per heavy atom. The highest BCUT2D eigenvalue weighted by molar-refractivity contribution is 5.97. The molecule has 28 heavy (non-hydrogen) atoms. The van der Waals surface area contributed by atoms with Gasteiger partial charge in [0.2, 0.25) is 11.8 Å². The molecule has 1 fully saturated rings. The summed E-state index contributed by atoms with van der Waals surface area (Å²) >= 11 is 0. The lowest BCUT2D eigenvalue weighted by atomic mass is 10.1. The van der Waals surface area contributed by atoms with Gasteiger partial charge in [0.15, 0.2) is 0 Å². The van der Waals surface area contributed by atoms with Crippen molar-refractivity contribution >= 4 is 17.5 Å². The van der Waals surface area contributed by atoms with Crippen LogP contribution in [0, 0.1) is 5.92 Å². The van der Waals surface area contributed by atoms with Crippen molar-refractivity contribution in [3.05, 3.63) is 48.5 Å². The van der Waals surface area contributed by atoms with Crippen molar-refractivity contribution < 1.29 is 23.8 Å². The molecule has 1 unspecified atom stereocenters. The fourth-order valence-electron chi connectivity index (χ4n) is 3.03. The first kappa shape index (κ1) is 19.5. The molecular weight excluding hydrogens is 360 g/mol. The van der Waals surface area contributed by atoms with E-state index in [4.69, 9.17) is 14.2 Å². The third kappa shape index (κ3) is 4.94. The topological polar surface area (TPSA) is 77.1 Å². The Morgan fingerprint density at radius 3 is 2.18 bits per heavy atom. The van der Waals surface area contributed by atoms with Gasteiger partial charge in [0.05, 0.1) is 26.7 Å². The molecule has 1 N–H and O–H groups in total. The lowest BCUT2D eigenvalue weighted by Gasteiger charge is -2.17. The van der Waals surface area contributed by atoms with E-state index in [0.29, 0.717) is 31.1 Å². The van der Waals surface area contributed by atoms with Gasteiger partial charge in [0.25, 0.3) is 0 Å². The number of amides is 2. The Labute approximate surface area is 164 Å². The van der Waals surface area contributed by atoms with Gasteiger partial charge in [-0.15, -0.1) is 0 Å². The molecule has 0 saturated carbocycles. The van der Waals surface area contributed by atoms with E-state index in [9.17, 15) is 9.59 Å². The van der Waals surface area contributed by atoms with E-state index >= 15 is 0 Å². The van der Waals surface area contributed by atoms with Crippen molar-refractivity contribution in [2.24, 2.45) is 5.92 Å². The zero-order valence-corrected chi connectivity index (χ0v) is 16.0. The monoisotopic (exact) mass is 384 g/mol. The van der Waals surface area contributed by atoms with E-state index in [0.717, 1.165) is 11.5 Å². The van der Waals surface area contributed by atoms with Crippen molar-refractivity contribution in [3.8, 4) is 17.2 Å². The standard InChI is InChI=1S/C21H24N2O5/c1-26-17-5-3-16(4-6-17)22-21(25)15-13-20(24)23(14-15)11-12-28-19-9-7-18(27-2)8-10-19/h3-10,15H,11-14H2,1-2H3,(H,22,25). The van der Waals surface area contributed by atoms with Crippen molar-refractivity contribution in [1.29, 1.82) is 0 Å². The van der Waals surface area contributed by atoms with E-state index in [-0.39, 0.29) is 24.2 Å². The number of likely N-dealkylation sites (tertiary alicyclic amines) is 1. The summed E-state index contributed by atoms with van der Waals surface area (Å²) in [4.78, 5) is 26.3. The number of nitrogens with zero attached hydrogens (tertiary/aromatic N) is 1. The first-order valence-corrected chi connectivity index (χ1v) is 9.08. The molecule has 1 saturated heterocycles. The van der Waals surface area contributed by atoms with Crippen LogP contribution < -0.4 is 19.5 Å². The molecule has 148 valence electrons. The van der Waals surface area contributed by atoms with E-state index in [2.05, 4.69) is 5.32 Å². The first-order valence-electron chi connectivity index (χ1n) is 9.08. The summed E-state index contributed by atoms with van der Waals surface area (Å²) in [6, 6.07) is 14.4. The van der Waals surface area contributed by atoms with Crippen molar-refractivity contribution in [3.63, 3.8) is 0 Å². The van der Waals surface area contributed by atoms with Crippen molar-refractivity contribution in [2.75, 3.05) is 39.2 Å². The molecule has 3 rings (SSSR count). The molecule has 0 aromatic heterocycles. The molecule has 2 amide bonds. The Morgan fingerprint density at radius 2 is 1.57 bits per heavy atom. The number of rotatable bonds is 8. The molecule has 1 aliphatic rings. The summed E-state index contributed by atoms with van der Waals surface area (Å²) in [5.41, 5.74) is 0.680. The van der Waals surface area contributed by atoms with Crippen LogP contribution in [0.3, 0.4) is 0 Å². The van der Waals surface area contributed by atoms with Crippen molar-refractivity contribution in [1.82, 2.24) is 4.90 Å². The summed E-state index contributed by atoms with van der Waals surface area (Å²) in [5, 5.41) is 2.85. The van der Waals surface area contributed by atoms with Gasteiger partial charge in [-0.3, -0.25) is 9.59 Å². The minimum absolute atomic E-state index is 0.0341. The molecule has 1 aliphatic heterocycles. The maximum atomic E-state index is 12.5. The van der Waals surface area contributed by atoms with Gasteiger partial charge < -0.3 is 24.4 Å². The molecule has 7 heteroatoms. The van der Waals surface area contributed by atoms with Crippen LogP contribution in [0.2, 0.25) is 0 Å². The third-order valence-corrected chi connectivity index (χ3v) is 4.63. The fraction of sp³-hybridized carbons (Fsp3) is 0.333. The maximum Gasteiger partial charge on any atom is 0.229 e. The number of hydrogen-bond donors (Lipinski definition) is 1. The molecule has 1 atom stereocenters. The highest BCUT2D eigenvalue weighted by atomic mass is 16.5. The smallest absolute Gasteiger partial charge is 0.229 e. The second-order valence-corrected chi connectivity index (χ2v) is 6.48. The summed E-state index contributed by atoms with van der Waals surface area (Å²) < 4.78 is 15.9. The van der Waals surface area contributed by atoms with Crippen molar-refractivity contribution in [2.45, 2.75) is 6.42 Å². The van der Waals surface area contributed by atoms with Crippen LogP contribution in [0.15, 0.2) is 48.5 Å². The molecule has 2 aromatic carbocycles. The second-order valence-electron chi connectivity index (χ2n) is 6.48.